The number of pyridine rings is 1. The molecule has 0 unspecified atom stereocenters. The molecule has 0 saturated carbocycles. The molecule has 1 atom stereocenters. The van der Waals surface area contributed by atoms with Crippen LogP contribution in [0.25, 0.3) is 10.2 Å². The number of thiophene rings is 1. The lowest BCUT2D eigenvalue weighted by molar-refractivity contribution is 0.0944. The summed E-state index contributed by atoms with van der Waals surface area (Å²) >= 11 is 1.34. The van der Waals surface area contributed by atoms with Gasteiger partial charge >= 0.3 is 0 Å². The van der Waals surface area contributed by atoms with Crippen LogP contribution in [0.5, 0.6) is 0 Å². The number of nitrogens with zero attached hydrogens (tertiary/aromatic N) is 1. The van der Waals surface area contributed by atoms with E-state index < -0.39 is 0 Å². The van der Waals surface area contributed by atoms with Crippen molar-refractivity contribution in [3.63, 3.8) is 0 Å². The largest absolute Gasteiger partial charge is 0.397 e. The van der Waals surface area contributed by atoms with Crippen molar-refractivity contribution in [2.45, 2.75) is 26.3 Å². The molecule has 0 aliphatic rings. The zero-order valence-electron chi connectivity index (χ0n) is 9.86. The Morgan fingerprint density at radius 2 is 2.41 bits per heavy atom. The van der Waals surface area contributed by atoms with Gasteiger partial charge in [0.2, 0.25) is 0 Å². The van der Waals surface area contributed by atoms with Crippen molar-refractivity contribution >= 4 is 33.1 Å². The highest BCUT2D eigenvalue weighted by Crippen LogP contribution is 2.31. The molecule has 3 N–H and O–H groups in total. The standard InChI is InChI=1S/C12H15N3OS/c1-3-7(2)15-11(16)10-9(13)8-5-4-6-14-12(8)17-10/h4-7H,3,13H2,1-2H3,(H,15,16)/t7-/m0/s1. The highest BCUT2D eigenvalue weighted by Gasteiger charge is 2.17. The first-order valence-electron chi connectivity index (χ1n) is 5.57. The molecular formula is C12H15N3OS. The number of amides is 1. The van der Waals surface area contributed by atoms with Crippen LogP contribution < -0.4 is 11.1 Å². The molecule has 90 valence electrons. The summed E-state index contributed by atoms with van der Waals surface area (Å²) in [5.74, 6) is -0.111. The van der Waals surface area contributed by atoms with Crippen LogP contribution in [0.2, 0.25) is 0 Å². The minimum Gasteiger partial charge on any atom is -0.397 e. The minimum atomic E-state index is -0.111. The van der Waals surface area contributed by atoms with Crippen LogP contribution in [-0.4, -0.2) is 16.9 Å². The molecule has 0 aliphatic carbocycles. The Morgan fingerprint density at radius 3 is 3.06 bits per heavy atom. The first-order chi connectivity index (χ1) is 8.13. The van der Waals surface area contributed by atoms with Crippen LogP contribution in [-0.2, 0) is 0 Å². The van der Waals surface area contributed by atoms with Crippen LogP contribution >= 0.6 is 11.3 Å². The fourth-order valence-corrected chi connectivity index (χ4v) is 2.48. The van der Waals surface area contributed by atoms with Crippen molar-refractivity contribution < 1.29 is 4.79 Å². The summed E-state index contributed by atoms with van der Waals surface area (Å²) in [4.78, 5) is 17.6. The average Bonchev–Trinajstić information content (AvgIpc) is 2.67. The maximum absolute atomic E-state index is 12.0. The van der Waals surface area contributed by atoms with Crippen molar-refractivity contribution in [2.24, 2.45) is 0 Å². The second-order valence-corrected chi connectivity index (χ2v) is 4.98. The van der Waals surface area contributed by atoms with E-state index in [9.17, 15) is 4.79 Å². The topological polar surface area (TPSA) is 68.0 Å². The van der Waals surface area contributed by atoms with Gasteiger partial charge in [-0.3, -0.25) is 4.79 Å². The monoisotopic (exact) mass is 249 g/mol. The predicted molar refractivity (Wildman–Crippen MR) is 71.3 cm³/mol. The molecule has 0 spiro atoms. The van der Waals surface area contributed by atoms with E-state index in [1.807, 2.05) is 26.0 Å². The molecule has 2 aromatic heterocycles. The lowest BCUT2D eigenvalue weighted by Crippen LogP contribution is -2.31. The van der Waals surface area contributed by atoms with Gasteiger partial charge < -0.3 is 11.1 Å². The van der Waals surface area contributed by atoms with Crippen molar-refractivity contribution in [3.8, 4) is 0 Å². The van der Waals surface area contributed by atoms with E-state index in [1.165, 1.54) is 11.3 Å². The first kappa shape index (κ1) is 11.9. The zero-order valence-corrected chi connectivity index (χ0v) is 10.7. The van der Waals surface area contributed by atoms with Gasteiger partial charge in [0.05, 0.1) is 5.69 Å². The molecule has 4 nitrogen and oxygen atoms in total. The number of rotatable bonds is 3. The fourth-order valence-electron chi connectivity index (χ4n) is 1.51. The molecule has 2 heterocycles. The molecule has 0 fully saturated rings. The van der Waals surface area contributed by atoms with Crippen LogP contribution in [0.1, 0.15) is 29.9 Å². The quantitative estimate of drug-likeness (QED) is 0.877. The summed E-state index contributed by atoms with van der Waals surface area (Å²) in [5.41, 5.74) is 6.49. The summed E-state index contributed by atoms with van der Waals surface area (Å²) < 4.78 is 0. The van der Waals surface area contributed by atoms with Crippen molar-refractivity contribution in [1.29, 1.82) is 0 Å². The molecule has 2 aromatic rings. The SMILES string of the molecule is CC[C@H](C)NC(=O)c1sc2ncccc2c1N. The molecule has 5 heteroatoms. The van der Waals surface area contributed by atoms with E-state index in [2.05, 4.69) is 10.3 Å². The van der Waals surface area contributed by atoms with Gasteiger partial charge in [-0.15, -0.1) is 11.3 Å². The molecule has 1 amide bonds. The third kappa shape index (κ3) is 2.24. The normalized spacial score (nSPS) is 12.6. The highest BCUT2D eigenvalue weighted by atomic mass is 32.1. The Balaban J connectivity index is 2.35. The number of carbonyl (C=O) groups excluding carboxylic acids is 1. The van der Waals surface area contributed by atoms with Gasteiger partial charge in [0.1, 0.15) is 9.71 Å². The summed E-state index contributed by atoms with van der Waals surface area (Å²) in [6.07, 6.45) is 2.60. The van der Waals surface area contributed by atoms with Gasteiger partial charge in [0.15, 0.2) is 0 Å². The van der Waals surface area contributed by atoms with Crippen molar-refractivity contribution in [3.05, 3.63) is 23.2 Å². The molecule has 0 saturated heterocycles. The lowest BCUT2D eigenvalue weighted by Gasteiger charge is -2.10. The number of nitrogens with one attached hydrogen (secondary N) is 1. The van der Waals surface area contributed by atoms with Gasteiger partial charge in [0, 0.05) is 17.6 Å². The number of fused-ring (bicyclic) bond motifs is 1. The lowest BCUT2D eigenvalue weighted by atomic mass is 10.2. The Kier molecular flexibility index (Phi) is 3.28. The third-order valence-electron chi connectivity index (χ3n) is 2.70. The number of carbonyl (C=O) groups is 1. The summed E-state index contributed by atoms with van der Waals surface area (Å²) in [6, 6.07) is 3.86. The molecule has 0 aromatic carbocycles. The Morgan fingerprint density at radius 1 is 1.65 bits per heavy atom. The minimum absolute atomic E-state index is 0.111. The average molecular weight is 249 g/mol. The maximum atomic E-state index is 12.0. The van der Waals surface area contributed by atoms with Gasteiger partial charge in [0.25, 0.3) is 5.91 Å². The Labute approximate surface area is 104 Å². The van der Waals surface area contributed by atoms with E-state index in [1.54, 1.807) is 6.20 Å². The smallest absolute Gasteiger partial charge is 0.263 e. The number of aromatic nitrogens is 1. The van der Waals surface area contributed by atoms with Gasteiger partial charge in [-0.25, -0.2) is 4.98 Å². The van der Waals surface area contributed by atoms with E-state index in [4.69, 9.17) is 5.73 Å². The number of hydrogen-bond acceptors (Lipinski definition) is 4. The van der Waals surface area contributed by atoms with E-state index in [0.717, 1.165) is 16.6 Å². The Bertz CT molecular complexity index is 550. The number of nitrogen functional groups attached to an aromatic ring is 1. The molecule has 17 heavy (non-hydrogen) atoms. The van der Waals surface area contributed by atoms with Gasteiger partial charge in [-0.2, -0.15) is 0 Å². The van der Waals surface area contributed by atoms with E-state index in [-0.39, 0.29) is 11.9 Å². The molecule has 0 bridgehead atoms. The van der Waals surface area contributed by atoms with Crippen molar-refractivity contribution in [2.75, 3.05) is 5.73 Å². The van der Waals surface area contributed by atoms with Gasteiger partial charge in [-0.05, 0) is 25.5 Å². The summed E-state index contributed by atoms with van der Waals surface area (Å²) in [6.45, 7) is 4.00. The number of nitrogens with two attached hydrogens (primary N) is 1. The summed E-state index contributed by atoms with van der Waals surface area (Å²) in [7, 11) is 0. The van der Waals surface area contributed by atoms with Crippen LogP contribution in [0, 0.1) is 0 Å². The number of hydrogen-bond donors (Lipinski definition) is 2. The van der Waals surface area contributed by atoms with Crippen LogP contribution in [0.15, 0.2) is 18.3 Å². The molecular weight excluding hydrogens is 234 g/mol. The first-order valence-corrected chi connectivity index (χ1v) is 6.39. The molecule has 0 radical (unpaired) electrons. The second-order valence-electron chi connectivity index (χ2n) is 3.98. The van der Waals surface area contributed by atoms with Crippen LogP contribution in [0.3, 0.4) is 0 Å². The second kappa shape index (κ2) is 4.71. The molecule has 0 aliphatic heterocycles. The van der Waals surface area contributed by atoms with Crippen molar-refractivity contribution in [1.82, 2.24) is 10.3 Å². The van der Waals surface area contributed by atoms with E-state index in [0.29, 0.717) is 10.6 Å². The zero-order chi connectivity index (χ0) is 12.4. The predicted octanol–water partition coefficient (Wildman–Crippen LogP) is 2.41. The molecule has 2 rings (SSSR count). The third-order valence-corrected chi connectivity index (χ3v) is 3.83. The highest BCUT2D eigenvalue weighted by molar-refractivity contribution is 7.21. The Hall–Kier alpha value is -1.62. The maximum Gasteiger partial charge on any atom is 0.263 e. The van der Waals surface area contributed by atoms with E-state index >= 15 is 0 Å². The van der Waals surface area contributed by atoms with Gasteiger partial charge in [-0.1, -0.05) is 6.92 Å². The summed E-state index contributed by atoms with van der Waals surface area (Å²) in [5, 5.41) is 3.76. The number of anilines is 1. The fraction of sp³-hybridized carbons (Fsp3) is 0.333. The van der Waals surface area contributed by atoms with Crippen LogP contribution in [0.4, 0.5) is 5.69 Å².